The standard InChI is InChI=1S/C23H30N2O2.C16H24N2O2/c1-3-22(26)25(21-12-8-5-9-13-21)23(19-27-2)14-16-24(17-15-23)18-20-10-6-4-7-11-20;1-3-15(19)18(14-7-5-4-6-8-14)16(13-20-2)9-11-17-12-10-16/h4-13H,3,14-19H2,1-2H3;4-8,17H,3,9-13H2,1-2H3/i1D3,2D3,3D2,5D,8D,9D,12D,13D,14D2,15D2,16D2,17D2,19D2;1D3,2D3,3D2,4D,5D,6D,7D,8D,9D2,10D2,11D2,12D2,13D2. The van der Waals surface area contributed by atoms with Gasteiger partial charge in [0.2, 0.25) is 11.8 Å². The Balaban J connectivity index is 0.000000401. The number of hydrogen-bond acceptors (Lipinski definition) is 6. The van der Waals surface area contributed by atoms with E-state index in [0.29, 0.717) is 0 Å². The van der Waals surface area contributed by atoms with Gasteiger partial charge in [0, 0.05) is 93.4 Å². The number of likely N-dealkylation sites (tertiary alicyclic amines) is 1. The summed E-state index contributed by atoms with van der Waals surface area (Å²) in [7, 11) is -8.13. The summed E-state index contributed by atoms with van der Waals surface area (Å²) in [6, 6.07) is -7.76. The third-order valence-corrected chi connectivity index (χ3v) is 5.65. The topological polar surface area (TPSA) is 74.4 Å². The second-order valence-electron chi connectivity index (χ2n) is 8.48. The molecule has 2 aliphatic heterocycles. The van der Waals surface area contributed by atoms with Crippen LogP contribution in [0, 0.1) is 0 Å². The molecule has 8 heteroatoms. The predicted octanol–water partition coefficient (Wildman–Crippen LogP) is 6.31. The molecule has 0 saturated carbocycles. The minimum Gasteiger partial charge on any atom is -0.382 e. The van der Waals surface area contributed by atoms with Crippen molar-refractivity contribution in [2.24, 2.45) is 0 Å². The van der Waals surface area contributed by atoms with Gasteiger partial charge in [-0.05, 0) is 68.2 Å². The molecule has 0 aliphatic carbocycles. The van der Waals surface area contributed by atoms with Crippen LogP contribution in [0.25, 0.3) is 0 Å². The number of carbonyl (C=O) groups is 2. The molecule has 47 heavy (non-hydrogen) atoms. The zero-order valence-corrected chi connectivity index (χ0v) is 23.6. The monoisotopic (exact) mass is 689 g/mol. The summed E-state index contributed by atoms with van der Waals surface area (Å²) in [5.74, 6) is -5.57. The van der Waals surface area contributed by atoms with E-state index in [9.17, 15) is 15.1 Å². The highest BCUT2D eigenvalue weighted by atomic mass is 16.5. The van der Waals surface area contributed by atoms with Crippen molar-refractivity contribution >= 4 is 23.2 Å². The van der Waals surface area contributed by atoms with E-state index < -0.39 is 216 Å². The lowest BCUT2D eigenvalue weighted by molar-refractivity contribution is -0.121. The number of ether oxygens (including phenoxy) is 2. The first-order chi connectivity index (χ1) is 40.7. The molecule has 0 aromatic heterocycles. The summed E-state index contributed by atoms with van der Waals surface area (Å²) in [6.45, 7) is -35.3. The quantitative estimate of drug-likeness (QED) is 0.241. The maximum atomic E-state index is 14.4. The SMILES string of the molecule is [2H]c1c([2H])c([2H])c(N(C(=O)C([2H])([2H])C([2H])([2H])[2H])C2(C([2H])([2H])OC([2H])([2H])[2H])C([2H])([2H])C([2H])([2H])N(Cc3ccccc3)C([2H])([2H])C2([2H])[2H])c([2H])c1[2H].[2H]c1c([2H])c([2H])c(N(C(=O)C([2H])([2H])C([2H])([2H])[2H])C2(C([2H])([2H])OC([2H])([2H])[2H])C([2H])([2H])C([2H])([2H])NC([2H])([2H])C2([2H])[2H])c([2H])c1[2H]. The fourth-order valence-corrected chi connectivity index (χ4v) is 3.74. The number of piperidine rings is 2. The van der Waals surface area contributed by atoms with E-state index >= 15 is 0 Å². The van der Waals surface area contributed by atoms with Crippen LogP contribution in [0.5, 0.6) is 0 Å². The second kappa shape index (κ2) is 18.1. The summed E-state index contributed by atoms with van der Waals surface area (Å²) in [6.07, 6.45) is -27.3. The lowest BCUT2D eigenvalue weighted by atomic mass is 9.85. The Morgan fingerprint density at radius 3 is 1.77 bits per heavy atom. The van der Waals surface area contributed by atoms with Gasteiger partial charge in [-0.15, -0.1) is 0 Å². The van der Waals surface area contributed by atoms with E-state index in [1.807, 2.05) is 0 Å². The number of nitrogens with zero attached hydrogens (tertiary/aromatic N) is 3. The van der Waals surface area contributed by atoms with Crippen LogP contribution in [0.15, 0.2) is 90.8 Å². The van der Waals surface area contributed by atoms with Crippen molar-refractivity contribution in [1.29, 1.82) is 0 Å². The number of carbonyl (C=O) groups excluding carboxylic acids is 2. The smallest absolute Gasteiger partial charge is 0.227 e. The maximum absolute atomic E-state index is 14.4. The van der Waals surface area contributed by atoms with Crippen LogP contribution in [-0.2, 0) is 25.6 Å². The molecule has 0 radical (unpaired) electrons. The Labute approximate surface area is 346 Å². The van der Waals surface area contributed by atoms with Crippen molar-refractivity contribution in [2.75, 3.05) is 63.0 Å². The molecule has 0 atom stereocenters. The second-order valence-corrected chi connectivity index (χ2v) is 8.48. The molecule has 2 saturated heterocycles. The predicted molar refractivity (Wildman–Crippen MR) is 191 cm³/mol. The minimum absolute atomic E-state index is 0.0263. The largest absolute Gasteiger partial charge is 0.382 e. The van der Waals surface area contributed by atoms with Gasteiger partial charge in [0.15, 0.2) is 0 Å². The molecule has 0 bridgehead atoms. The van der Waals surface area contributed by atoms with Crippen LogP contribution in [0.1, 0.15) is 121 Å². The first-order valence-electron chi connectivity index (χ1n) is 35.6. The van der Waals surface area contributed by atoms with Gasteiger partial charge in [-0.3, -0.25) is 14.5 Å². The highest BCUT2D eigenvalue weighted by Gasteiger charge is 2.43. The molecule has 8 nitrogen and oxygen atoms in total. The molecule has 2 aliphatic rings. The zero-order valence-electron chi connectivity index (χ0n) is 69.6. The van der Waals surface area contributed by atoms with Gasteiger partial charge < -0.3 is 24.6 Å². The van der Waals surface area contributed by atoms with Gasteiger partial charge in [0.25, 0.3) is 0 Å². The highest BCUT2D eigenvalue weighted by molar-refractivity contribution is 5.95. The number of amides is 2. The number of hydrogen-bond donors (Lipinski definition) is 1. The number of rotatable bonds is 12. The number of anilines is 2. The third kappa shape index (κ3) is 9.29. The van der Waals surface area contributed by atoms with E-state index in [4.69, 9.17) is 57.6 Å². The van der Waals surface area contributed by atoms with E-state index in [1.54, 1.807) is 0 Å². The van der Waals surface area contributed by atoms with Crippen molar-refractivity contribution in [3.63, 3.8) is 0 Å². The van der Waals surface area contributed by atoms with Crippen molar-refractivity contribution in [3.05, 3.63) is 96.3 Å². The van der Waals surface area contributed by atoms with Crippen LogP contribution >= 0.6 is 0 Å². The van der Waals surface area contributed by atoms with E-state index in [-0.39, 0.29) is 10.5 Å². The molecule has 0 spiro atoms. The lowest BCUT2D eigenvalue weighted by Crippen LogP contribution is -2.60. The molecule has 254 valence electrons. The minimum atomic E-state index is -4.95. The van der Waals surface area contributed by atoms with Gasteiger partial charge in [-0.25, -0.2) is 0 Å². The lowest BCUT2D eigenvalue weighted by Gasteiger charge is -2.48. The summed E-state index contributed by atoms with van der Waals surface area (Å²) in [4.78, 5) is 26.5. The summed E-state index contributed by atoms with van der Waals surface area (Å²) >= 11 is 0. The molecular weight excluding hydrogens is 588 g/mol. The highest BCUT2D eigenvalue weighted by Crippen LogP contribution is 2.35. The third-order valence-electron chi connectivity index (χ3n) is 5.65. The first-order valence-corrected chi connectivity index (χ1v) is 12.6. The van der Waals surface area contributed by atoms with Gasteiger partial charge in [0.1, 0.15) is 0 Å². The molecule has 3 aromatic rings. The Kier molecular flexibility index (Phi) is 3.53. The zero-order chi connectivity index (χ0) is 73.8. The number of methoxy groups -OCH3 is 2. The van der Waals surface area contributed by atoms with Crippen molar-refractivity contribution < 1.29 is 82.1 Å². The molecule has 2 fully saturated rings. The normalized spacial score (nSPS) is 42.4. The van der Waals surface area contributed by atoms with Crippen molar-refractivity contribution in [3.8, 4) is 0 Å². The van der Waals surface area contributed by atoms with Crippen LogP contribution in [0.2, 0.25) is 0 Å². The molecule has 5 rings (SSSR count). The van der Waals surface area contributed by atoms with E-state index in [0.717, 1.165) is 0 Å². The molecular formula is C39H54N4O4. The van der Waals surface area contributed by atoms with E-state index in [2.05, 4.69) is 9.47 Å². The number of benzene rings is 3. The Morgan fingerprint density at radius 1 is 0.809 bits per heavy atom. The Hall–Kier alpha value is -3.56. The molecule has 2 heterocycles. The summed E-state index contributed by atoms with van der Waals surface area (Å²) in [5.41, 5.74) is -13.5. The Bertz CT molecular complexity index is 3260. The maximum Gasteiger partial charge on any atom is 0.227 e. The van der Waals surface area contributed by atoms with E-state index in [1.165, 1.54) is 35.6 Å². The summed E-state index contributed by atoms with van der Waals surface area (Å²) < 4.78 is 388. The van der Waals surface area contributed by atoms with Gasteiger partial charge in [0.05, 0.1) is 51.6 Å². The fourth-order valence-electron chi connectivity index (χ4n) is 3.74. The number of nitrogens with one attached hydrogen (secondary N) is 1. The molecule has 1 N–H and O–H groups in total. The average Bonchev–Trinajstić information content (AvgIpc) is 0.655. The summed E-state index contributed by atoms with van der Waals surface area (Å²) in [5, 5.41) is 1.29. The molecule has 3 aromatic carbocycles. The van der Waals surface area contributed by atoms with Gasteiger partial charge in [-0.2, -0.15) is 0 Å². The van der Waals surface area contributed by atoms with Gasteiger partial charge >= 0.3 is 0 Å². The van der Waals surface area contributed by atoms with Crippen LogP contribution in [-0.4, -0.2) is 81.0 Å². The first kappa shape index (κ1) is 9.16. The van der Waals surface area contributed by atoms with Gasteiger partial charge in [-0.1, -0.05) is 80.3 Å². The molecule has 2 amide bonds. The van der Waals surface area contributed by atoms with Crippen LogP contribution < -0.4 is 15.1 Å². The fraction of sp³-hybridized carbons (Fsp3) is 0.487. The number of para-hydroxylation sites is 2. The van der Waals surface area contributed by atoms with Crippen molar-refractivity contribution in [1.82, 2.24) is 10.2 Å². The Morgan fingerprint density at radius 2 is 1.30 bits per heavy atom. The van der Waals surface area contributed by atoms with Crippen LogP contribution in [0.4, 0.5) is 11.4 Å². The molecule has 0 unspecified atom stereocenters. The van der Waals surface area contributed by atoms with Crippen molar-refractivity contribution in [2.45, 2.75) is 69.6 Å². The average molecular weight is 689 g/mol. The van der Waals surface area contributed by atoms with Crippen LogP contribution in [0.3, 0.4) is 0 Å².